The van der Waals surface area contributed by atoms with Gasteiger partial charge in [-0.1, -0.05) is 61.3 Å². The molecule has 0 radical (unpaired) electrons. The van der Waals surface area contributed by atoms with Gasteiger partial charge in [0.25, 0.3) is 0 Å². The summed E-state index contributed by atoms with van der Waals surface area (Å²) in [5.74, 6) is -0.594. The smallest absolute Gasteiger partial charge is 0.433 e. The molecule has 0 saturated heterocycles. The first-order valence-corrected chi connectivity index (χ1v) is 13.5. The minimum atomic E-state index is -4.64. The van der Waals surface area contributed by atoms with Crippen molar-refractivity contribution in [2.45, 2.75) is 64.3 Å². The highest BCUT2D eigenvalue weighted by Gasteiger charge is 2.35. The van der Waals surface area contributed by atoms with Gasteiger partial charge in [0.15, 0.2) is 0 Å². The molecular formula is C32H31ClF3NO3. The van der Waals surface area contributed by atoms with Crippen molar-refractivity contribution in [1.82, 2.24) is 4.98 Å². The monoisotopic (exact) mass is 569 g/mol. The van der Waals surface area contributed by atoms with Gasteiger partial charge in [-0.05, 0) is 74.7 Å². The summed E-state index contributed by atoms with van der Waals surface area (Å²) < 4.78 is 53.4. The number of esters is 1. The van der Waals surface area contributed by atoms with Crippen molar-refractivity contribution < 1.29 is 27.4 Å². The Bertz CT molecular complexity index is 1460. The first-order valence-electron chi connectivity index (χ1n) is 13.1. The molecule has 0 amide bonds. The molecule has 1 aromatic heterocycles. The van der Waals surface area contributed by atoms with Crippen LogP contribution in [0.5, 0.6) is 5.75 Å². The van der Waals surface area contributed by atoms with E-state index in [4.69, 9.17) is 21.1 Å². The van der Waals surface area contributed by atoms with E-state index in [0.717, 1.165) is 23.6 Å². The van der Waals surface area contributed by atoms with Crippen LogP contribution in [0, 0.1) is 0 Å². The predicted octanol–water partition coefficient (Wildman–Crippen LogP) is 9.57. The highest BCUT2D eigenvalue weighted by Crippen LogP contribution is 2.42. The van der Waals surface area contributed by atoms with Gasteiger partial charge in [-0.15, -0.1) is 0 Å². The lowest BCUT2D eigenvalue weighted by Crippen LogP contribution is -2.24. The molecule has 0 N–H and O–H groups in total. The number of aromatic nitrogens is 1. The number of nitrogens with zero attached hydrogens (tertiary/aromatic N) is 1. The predicted molar refractivity (Wildman–Crippen MR) is 151 cm³/mol. The number of hydrogen-bond acceptors (Lipinski definition) is 4. The van der Waals surface area contributed by atoms with E-state index in [1.807, 2.05) is 31.2 Å². The topological polar surface area (TPSA) is 48.4 Å². The van der Waals surface area contributed by atoms with Crippen LogP contribution in [0.1, 0.15) is 79.7 Å². The zero-order valence-electron chi connectivity index (χ0n) is 22.8. The van der Waals surface area contributed by atoms with E-state index < -0.39 is 29.5 Å². The van der Waals surface area contributed by atoms with Crippen molar-refractivity contribution in [1.29, 1.82) is 0 Å². The molecule has 0 saturated carbocycles. The van der Waals surface area contributed by atoms with Crippen LogP contribution >= 0.6 is 11.6 Å². The van der Waals surface area contributed by atoms with Gasteiger partial charge in [0, 0.05) is 22.4 Å². The van der Waals surface area contributed by atoms with Crippen molar-refractivity contribution in [3.63, 3.8) is 0 Å². The highest BCUT2D eigenvalue weighted by atomic mass is 35.5. The van der Waals surface area contributed by atoms with E-state index in [9.17, 15) is 18.0 Å². The summed E-state index contributed by atoms with van der Waals surface area (Å²) in [6.07, 6.45) is -3.83. The summed E-state index contributed by atoms with van der Waals surface area (Å²) in [4.78, 5) is 16.4. The van der Waals surface area contributed by atoms with Gasteiger partial charge < -0.3 is 9.47 Å². The number of hydrogen-bond donors (Lipinski definition) is 0. The van der Waals surface area contributed by atoms with Crippen molar-refractivity contribution in [2.24, 2.45) is 0 Å². The number of benzene rings is 3. The number of pyridine rings is 1. The van der Waals surface area contributed by atoms with E-state index in [1.165, 1.54) is 6.07 Å². The molecule has 0 aliphatic heterocycles. The minimum Gasteiger partial charge on any atom is -0.484 e. The third kappa shape index (κ3) is 7.13. The summed E-state index contributed by atoms with van der Waals surface area (Å²) in [5, 5.41) is 1.01. The second-order valence-electron chi connectivity index (χ2n) is 10.6. The van der Waals surface area contributed by atoms with Crippen molar-refractivity contribution in [3.8, 4) is 5.75 Å². The Labute approximate surface area is 237 Å². The zero-order chi connectivity index (χ0) is 29.1. The molecule has 1 heterocycles. The maximum absolute atomic E-state index is 13.8. The molecule has 210 valence electrons. The second-order valence-corrected chi connectivity index (χ2v) is 11.1. The maximum atomic E-state index is 13.8. The van der Waals surface area contributed by atoms with E-state index in [-0.39, 0.29) is 17.2 Å². The third-order valence-electron chi connectivity index (χ3n) is 6.36. The number of carbonyl (C=O) groups is 1. The average Bonchev–Trinajstić information content (AvgIpc) is 2.89. The molecule has 0 spiro atoms. The van der Waals surface area contributed by atoms with Gasteiger partial charge in [0.2, 0.25) is 0 Å². The lowest BCUT2D eigenvalue weighted by Gasteiger charge is -2.30. The van der Waals surface area contributed by atoms with Crippen molar-refractivity contribution >= 4 is 28.5 Å². The third-order valence-corrected chi connectivity index (χ3v) is 6.61. The fraction of sp³-hybridized carbons (Fsp3) is 0.312. The summed E-state index contributed by atoms with van der Waals surface area (Å²) in [7, 11) is 0. The number of halogens is 4. The van der Waals surface area contributed by atoms with Crippen molar-refractivity contribution in [3.05, 3.63) is 106 Å². The number of alkyl halides is 3. The lowest BCUT2D eigenvalue weighted by molar-refractivity contribution is -0.141. The van der Waals surface area contributed by atoms with Crippen LogP contribution in [-0.4, -0.2) is 16.6 Å². The molecule has 4 nitrogen and oxygen atoms in total. The fourth-order valence-corrected chi connectivity index (χ4v) is 4.69. The average molecular weight is 570 g/mol. The quantitative estimate of drug-likeness (QED) is 0.198. The molecule has 40 heavy (non-hydrogen) atoms. The second kappa shape index (κ2) is 11.9. The van der Waals surface area contributed by atoms with Gasteiger partial charge in [-0.3, -0.25) is 0 Å². The molecule has 0 aliphatic rings. The van der Waals surface area contributed by atoms with Gasteiger partial charge in [-0.2, -0.15) is 13.2 Å². The van der Waals surface area contributed by atoms with Gasteiger partial charge in [-0.25, -0.2) is 9.78 Å². The Morgan fingerprint density at radius 1 is 0.925 bits per heavy atom. The molecule has 0 bridgehead atoms. The van der Waals surface area contributed by atoms with E-state index in [0.29, 0.717) is 22.4 Å². The molecular weight excluding hydrogens is 539 g/mol. The van der Waals surface area contributed by atoms with E-state index >= 15 is 0 Å². The first kappa shape index (κ1) is 29.4. The molecule has 4 rings (SSSR count). The normalized spacial score (nSPS) is 13.6. The molecule has 8 heteroatoms. The Hall–Kier alpha value is -3.58. The first-order chi connectivity index (χ1) is 18.9. The van der Waals surface area contributed by atoms with E-state index in [1.54, 1.807) is 63.2 Å². The number of para-hydroxylation sites is 1. The standard InChI is InChI=1S/C32H31ClF3NO3/c1-5-8-24(20-11-13-22(14-12-20)30(38)40-31(2,3)4)29(21-15-17-23(33)18-16-21)39-27-19-28(32(34,35)36)37-26-10-7-6-9-25(26)27/h6-7,9-19,24,29H,5,8H2,1-4H3. The Morgan fingerprint density at radius 2 is 1.55 bits per heavy atom. The molecule has 2 atom stereocenters. The van der Waals surface area contributed by atoms with Crippen molar-refractivity contribution in [2.75, 3.05) is 0 Å². The number of ether oxygens (including phenoxy) is 2. The largest absolute Gasteiger partial charge is 0.484 e. The Kier molecular flexibility index (Phi) is 8.74. The Balaban J connectivity index is 1.80. The van der Waals surface area contributed by atoms with E-state index in [2.05, 4.69) is 4.98 Å². The maximum Gasteiger partial charge on any atom is 0.433 e. The van der Waals surface area contributed by atoms with Crippen LogP contribution in [0.15, 0.2) is 78.9 Å². The number of carbonyl (C=O) groups excluding carboxylic acids is 1. The molecule has 2 unspecified atom stereocenters. The molecule has 0 aliphatic carbocycles. The lowest BCUT2D eigenvalue weighted by atomic mass is 9.85. The highest BCUT2D eigenvalue weighted by molar-refractivity contribution is 6.30. The van der Waals surface area contributed by atoms with Crippen LogP contribution in [0.4, 0.5) is 13.2 Å². The zero-order valence-corrected chi connectivity index (χ0v) is 23.5. The van der Waals surface area contributed by atoms with Crippen LogP contribution < -0.4 is 4.74 Å². The fourth-order valence-electron chi connectivity index (χ4n) is 4.57. The van der Waals surface area contributed by atoms with Crippen LogP contribution in [0.3, 0.4) is 0 Å². The molecule has 3 aromatic carbocycles. The SMILES string of the molecule is CCCC(c1ccc(C(=O)OC(C)(C)C)cc1)C(Oc1cc(C(F)(F)F)nc2ccccc12)c1ccc(Cl)cc1. The molecule has 4 aromatic rings. The van der Waals surface area contributed by atoms with Gasteiger partial charge >= 0.3 is 12.1 Å². The van der Waals surface area contributed by atoms with Crippen LogP contribution in [0.25, 0.3) is 10.9 Å². The summed E-state index contributed by atoms with van der Waals surface area (Å²) in [6, 6.07) is 21.8. The minimum absolute atomic E-state index is 0.0874. The molecule has 0 fully saturated rings. The number of fused-ring (bicyclic) bond motifs is 1. The summed E-state index contributed by atoms with van der Waals surface area (Å²) in [5.41, 5.74) is 0.585. The van der Waals surface area contributed by atoms with Gasteiger partial charge in [0.1, 0.15) is 23.1 Å². The number of rotatable bonds is 8. The van der Waals surface area contributed by atoms with Gasteiger partial charge in [0.05, 0.1) is 11.1 Å². The van der Waals surface area contributed by atoms with Crippen LogP contribution in [0.2, 0.25) is 5.02 Å². The Morgan fingerprint density at radius 3 is 2.15 bits per heavy atom. The summed E-state index contributed by atoms with van der Waals surface area (Å²) >= 11 is 6.16. The van der Waals surface area contributed by atoms with Crippen LogP contribution in [-0.2, 0) is 10.9 Å². The summed E-state index contributed by atoms with van der Waals surface area (Å²) in [6.45, 7) is 7.44.